The number of rotatable bonds is 5. The summed E-state index contributed by atoms with van der Waals surface area (Å²) < 4.78 is 2.46. The smallest absolute Gasteiger partial charge is 0.272 e. The third-order valence-corrected chi connectivity index (χ3v) is 3.85. The van der Waals surface area contributed by atoms with E-state index in [-0.39, 0.29) is 11.8 Å². The Morgan fingerprint density at radius 2 is 2.37 bits per heavy atom. The molecule has 19 heavy (non-hydrogen) atoms. The van der Waals surface area contributed by atoms with Crippen LogP contribution in [0.25, 0.3) is 0 Å². The number of aromatic nitrogens is 2. The summed E-state index contributed by atoms with van der Waals surface area (Å²) in [6.07, 6.45) is 4.20. The normalized spacial score (nSPS) is 15.1. The van der Waals surface area contributed by atoms with Crippen molar-refractivity contribution in [2.75, 3.05) is 19.6 Å². The highest BCUT2D eigenvalue weighted by Gasteiger charge is 2.19. The predicted molar refractivity (Wildman–Crippen MR) is 78.7 cm³/mol. The maximum atomic E-state index is 11.9. The van der Waals surface area contributed by atoms with Crippen LogP contribution < -0.4 is 5.32 Å². The maximum Gasteiger partial charge on any atom is 0.272 e. The lowest BCUT2D eigenvalue weighted by Gasteiger charge is -2.15. The minimum atomic E-state index is -0.155. The van der Waals surface area contributed by atoms with Gasteiger partial charge in [-0.25, -0.2) is 0 Å². The molecule has 1 aliphatic rings. The summed E-state index contributed by atoms with van der Waals surface area (Å²) in [6.45, 7) is 2.14. The van der Waals surface area contributed by atoms with Gasteiger partial charge in [0.05, 0.1) is 3.57 Å². The topological polar surface area (TPSA) is 67.2 Å². The Balaban J connectivity index is 1.72. The zero-order valence-electron chi connectivity index (χ0n) is 10.9. The zero-order chi connectivity index (χ0) is 13.8. The van der Waals surface area contributed by atoms with Gasteiger partial charge in [-0.05, 0) is 35.4 Å². The average Bonchev–Trinajstić information content (AvgIpc) is 2.91. The lowest BCUT2D eigenvalue weighted by molar-refractivity contribution is -0.127. The molecule has 1 aliphatic heterocycles. The van der Waals surface area contributed by atoms with Crippen molar-refractivity contribution in [2.45, 2.75) is 19.3 Å². The summed E-state index contributed by atoms with van der Waals surface area (Å²) in [5.74, 6) is 0.0725. The van der Waals surface area contributed by atoms with Gasteiger partial charge >= 0.3 is 0 Å². The number of likely N-dealkylation sites (tertiary alicyclic amines) is 1. The van der Waals surface area contributed by atoms with Crippen LogP contribution in [0.2, 0.25) is 0 Å². The Morgan fingerprint density at radius 1 is 1.58 bits per heavy atom. The third kappa shape index (κ3) is 3.68. The van der Waals surface area contributed by atoms with Crippen molar-refractivity contribution in [3.63, 3.8) is 0 Å². The highest BCUT2D eigenvalue weighted by atomic mass is 127. The molecule has 1 saturated heterocycles. The molecular weight excluding hydrogens is 359 g/mol. The standard InChI is InChI=1S/C12H17IN4O2/c1-16-8-9(13)11(15-16)12(19)14-5-3-7-17-6-2-4-10(17)18/h8H,2-7H2,1H3,(H,14,19). The molecule has 0 bridgehead atoms. The number of nitrogens with one attached hydrogen (secondary N) is 1. The highest BCUT2D eigenvalue weighted by molar-refractivity contribution is 14.1. The predicted octanol–water partition coefficient (Wildman–Crippen LogP) is 0.767. The fourth-order valence-corrected chi connectivity index (χ4v) is 2.87. The molecule has 0 atom stereocenters. The van der Waals surface area contributed by atoms with Crippen molar-refractivity contribution in [1.82, 2.24) is 20.0 Å². The first-order chi connectivity index (χ1) is 9.08. The van der Waals surface area contributed by atoms with Gasteiger partial charge in [-0.15, -0.1) is 0 Å². The van der Waals surface area contributed by atoms with E-state index < -0.39 is 0 Å². The van der Waals surface area contributed by atoms with Crippen molar-refractivity contribution in [2.24, 2.45) is 7.05 Å². The van der Waals surface area contributed by atoms with Crippen LogP contribution in [0.4, 0.5) is 0 Å². The minimum absolute atomic E-state index is 0.155. The molecule has 2 amide bonds. The van der Waals surface area contributed by atoms with Crippen LogP contribution in [0.5, 0.6) is 0 Å². The van der Waals surface area contributed by atoms with Gasteiger partial charge in [0.25, 0.3) is 5.91 Å². The molecule has 2 heterocycles. The Hall–Kier alpha value is -1.12. The molecule has 0 spiro atoms. The fraction of sp³-hybridized carbons (Fsp3) is 0.583. The summed E-state index contributed by atoms with van der Waals surface area (Å²) in [7, 11) is 1.79. The van der Waals surface area contributed by atoms with E-state index in [1.165, 1.54) is 0 Å². The first-order valence-electron chi connectivity index (χ1n) is 6.33. The van der Waals surface area contributed by atoms with Gasteiger partial charge in [-0.3, -0.25) is 14.3 Å². The van der Waals surface area contributed by atoms with Crippen molar-refractivity contribution < 1.29 is 9.59 Å². The summed E-state index contributed by atoms with van der Waals surface area (Å²) in [5.41, 5.74) is 0.459. The Labute approximate surface area is 125 Å². The van der Waals surface area contributed by atoms with E-state index in [1.807, 2.05) is 4.90 Å². The molecule has 1 fully saturated rings. The van der Waals surface area contributed by atoms with Crippen molar-refractivity contribution in [1.29, 1.82) is 0 Å². The van der Waals surface area contributed by atoms with E-state index >= 15 is 0 Å². The summed E-state index contributed by atoms with van der Waals surface area (Å²) in [5, 5.41) is 6.95. The van der Waals surface area contributed by atoms with Gasteiger partial charge in [0.15, 0.2) is 5.69 Å². The van der Waals surface area contributed by atoms with Crippen molar-refractivity contribution in [3.05, 3.63) is 15.5 Å². The molecule has 1 aromatic heterocycles. The van der Waals surface area contributed by atoms with E-state index in [0.29, 0.717) is 18.7 Å². The second-order valence-electron chi connectivity index (χ2n) is 4.59. The summed E-state index contributed by atoms with van der Waals surface area (Å²) in [6, 6.07) is 0. The molecule has 7 heteroatoms. The van der Waals surface area contributed by atoms with Crippen LogP contribution in [-0.4, -0.2) is 46.1 Å². The van der Waals surface area contributed by atoms with Gasteiger partial charge in [0.1, 0.15) is 0 Å². The van der Waals surface area contributed by atoms with Crippen molar-refractivity contribution >= 4 is 34.4 Å². The van der Waals surface area contributed by atoms with Crippen LogP contribution in [0, 0.1) is 3.57 Å². The molecule has 1 N–H and O–H groups in total. The van der Waals surface area contributed by atoms with E-state index in [4.69, 9.17) is 0 Å². The highest BCUT2D eigenvalue weighted by Crippen LogP contribution is 2.10. The monoisotopic (exact) mass is 376 g/mol. The molecular formula is C12H17IN4O2. The van der Waals surface area contributed by atoms with Crippen LogP contribution in [0.15, 0.2) is 6.20 Å². The lowest BCUT2D eigenvalue weighted by atomic mass is 10.3. The molecule has 0 saturated carbocycles. The fourth-order valence-electron chi connectivity index (χ4n) is 2.11. The molecule has 0 radical (unpaired) electrons. The van der Waals surface area contributed by atoms with E-state index in [9.17, 15) is 9.59 Å². The van der Waals surface area contributed by atoms with Gasteiger partial charge in [0, 0.05) is 39.3 Å². The zero-order valence-corrected chi connectivity index (χ0v) is 13.0. The SMILES string of the molecule is Cn1cc(I)c(C(=O)NCCCN2CCCC2=O)n1. The largest absolute Gasteiger partial charge is 0.351 e. The van der Waals surface area contributed by atoms with Gasteiger partial charge < -0.3 is 10.2 Å². The number of aryl methyl sites for hydroxylation is 1. The molecule has 104 valence electrons. The number of hydrogen-bond donors (Lipinski definition) is 1. The second-order valence-corrected chi connectivity index (χ2v) is 5.76. The number of halogens is 1. The van der Waals surface area contributed by atoms with Crippen LogP contribution >= 0.6 is 22.6 Å². The van der Waals surface area contributed by atoms with Crippen LogP contribution in [0.3, 0.4) is 0 Å². The molecule has 1 aromatic rings. The summed E-state index contributed by atoms with van der Waals surface area (Å²) in [4.78, 5) is 25.1. The number of hydrogen-bond acceptors (Lipinski definition) is 3. The van der Waals surface area contributed by atoms with Gasteiger partial charge in [-0.2, -0.15) is 5.10 Å². The molecule has 0 aromatic carbocycles. The first-order valence-corrected chi connectivity index (χ1v) is 7.41. The summed E-state index contributed by atoms with van der Waals surface area (Å²) >= 11 is 2.09. The molecule has 6 nitrogen and oxygen atoms in total. The minimum Gasteiger partial charge on any atom is -0.351 e. The average molecular weight is 376 g/mol. The third-order valence-electron chi connectivity index (χ3n) is 3.06. The van der Waals surface area contributed by atoms with Crippen LogP contribution in [0.1, 0.15) is 29.8 Å². The lowest BCUT2D eigenvalue weighted by Crippen LogP contribution is -2.31. The van der Waals surface area contributed by atoms with E-state index in [1.54, 1.807) is 17.9 Å². The second kappa shape index (κ2) is 6.36. The number of carbonyl (C=O) groups is 2. The molecule has 2 rings (SSSR count). The quantitative estimate of drug-likeness (QED) is 0.610. The van der Waals surface area contributed by atoms with Crippen molar-refractivity contribution in [3.8, 4) is 0 Å². The van der Waals surface area contributed by atoms with Crippen LogP contribution in [-0.2, 0) is 11.8 Å². The maximum absolute atomic E-state index is 11.9. The number of carbonyl (C=O) groups excluding carboxylic acids is 2. The Kier molecular flexibility index (Phi) is 4.78. The molecule has 0 unspecified atom stereocenters. The number of amides is 2. The molecule has 0 aliphatic carbocycles. The Bertz CT molecular complexity index is 486. The number of nitrogens with zero attached hydrogens (tertiary/aromatic N) is 3. The van der Waals surface area contributed by atoms with E-state index in [2.05, 4.69) is 33.0 Å². The first kappa shape index (κ1) is 14.3. The van der Waals surface area contributed by atoms with Gasteiger partial charge in [-0.1, -0.05) is 0 Å². The van der Waals surface area contributed by atoms with Gasteiger partial charge in [0.2, 0.25) is 5.91 Å². The van der Waals surface area contributed by atoms with E-state index in [0.717, 1.165) is 29.5 Å². The Morgan fingerprint density at radius 3 is 2.95 bits per heavy atom.